The van der Waals surface area contributed by atoms with Gasteiger partial charge in [0, 0.05) is 5.39 Å². The molecule has 2 aromatic rings. The summed E-state index contributed by atoms with van der Waals surface area (Å²) >= 11 is 0. The topological polar surface area (TPSA) is 67.2 Å². The van der Waals surface area contributed by atoms with Crippen LogP contribution in [-0.2, 0) is 10.1 Å². The first-order valence-electron chi connectivity index (χ1n) is 5.18. The molecule has 0 N–H and O–H groups in total. The second-order valence-electron chi connectivity index (χ2n) is 3.78. The van der Waals surface area contributed by atoms with Gasteiger partial charge >= 0.3 is 15.6 Å². The fourth-order valence-corrected chi connectivity index (χ4v) is 2.03. The average Bonchev–Trinajstić information content (AvgIpc) is 2.36. The smallest absolute Gasteiger partial charge is 0.376 e. The average molecular weight is 301 g/mol. The number of nitriles is 1. The Morgan fingerprint density at radius 1 is 1.15 bits per heavy atom. The molecule has 0 atom stereocenters. The molecule has 0 unspecified atom stereocenters. The van der Waals surface area contributed by atoms with Gasteiger partial charge < -0.3 is 4.18 Å². The maximum absolute atomic E-state index is 12.2. The van der Waals surface area contributed by atoms with E-state index in [1.165, 1.54) is 12.1 Å². The third-order valence-corrected chi connectivity index (χ3v) is 3.44. The van der Waals surface area contributed by atoms with Gasteiger partial charge in [0.25, 0.3) is 0 Å². The van der Waals surface area contributed by atoms with Crippen molar-refractivity contribution in [2.75, 3.05) is 0 Å². The standard InChI is InChI=1S/C12H6F3NO3S/c13-12(14,15)20(17,18)19-10-5-4-8-2-1-3-9(7-16)11(8)6-10/h1-6H. The van der Waals surface area contributed by atoms with Gasteiger partial charge in [-0.15, -0.1) is 0 Å². The highest BCUT2D eigenvalue weighted by Gasteiger charge is 2.48. The van der Waals surface area contributed by atoms with Gasteiger partial charge in [-0.2, -0.15) is 26.9 Å². The quantitative estimate of drug-likeness (QED) is 0.632. The number of hydrogen-bond acceptors (Lipinski definition) is 4. The number of halogens is 3. The van der Waals surface area contributed by atoms with Crippen molar-refractivity contribution in [2.24, 2.45) is 0 Å². The molecule has 20 heavy (non-hydrogen) atoms. The minimum Gasteiger partial charge on any atom is -0.376 e. The minimum atomic E-state index is -5.72. The minimum absolute atomic E-state index is 0.206. The van der Waals surface area contributed by atoms with Crippen molar-refractivity contribution in [3.63, 3.8) is 0 Å². The van der Waals surface area contributed by atoms with Gasteiger partial charge in [-0.05, 0) is 23.6 Å². The number of benzene rings is 2. The second kappa shape index (κ2) is 4.68. The SMILES string of the molecule is N#Cc1cccc2ccc(OS(=O)(=O)C(F)(F)F)cc12. The molecule has 0 spiro atoms. The van der Waals surface area contributed by atoms with Crippen LogP contribution in [0.15, 0.2) is 36.4 Å². The molecule has 0 aromatic heterocycles. The van der Waals surface area contributed by atoms with Crippen molar-refractivity contribution in [2.45, 2.75) is 5.51 Å². The van der Waals surface area contributed by atoms with Crippen LogP contribution in [0.25, 0.3) is 10.8 Å². The molecule has 0 aliphatic rings. The lowest BCUT2D eigenvalue weighted by molar-refractivity contribution is -0.0500. The van der Waals surface area contributed by atoms with Crippen LogP contribution in [0.3, 0.4) is 0 Å². The molecule has 2 aromatic carbocycles. The normalized spacial score (nSPS) is 12.1. The Labute approximate surface area is 112 Å². The Bertz CT molecular complexity index is 807. The van der Waals surface area contributed by atoms with Gasteiger partial charge in [-0.1, -0.05) is 18.2 Å². The third-order valence-electron chi connectivity index (χ3n) is 2.46. The molecule has 0 saturated carbocycles. The van der Waals surface area contributed by atoms with Crippen LogP contribution in [0.1, 0.15) is 5.56 Å². The zero-order valence-electron chi connectivity index (χ0n) is 9.68. The van der Waals surface area contributed by atoms with E-state index in [1.54, 1.807) is 12.1 Å². The Morgan fingerprint density at radius 2 is 1.85 bits per heavy atom. The summed E-state index contributed by atoms with van der Waals surface area (Å²) in [5, 5.41) is 9.79. The van der Waals surface area contributed by atoms with Crippen LogP contribution in [0, 0.1) is 11.3 Å². The highest BCUT2D eigenvalue weighted by molar-refractivity contribution is 7.88. The lowest BCUT2D eigenvalue weighted by Crippen LogP contribution is -2.28. The number of rotatable bonds is 2. The van der Waals surface area contributed by atoms with Crippen molar-refractivity contribution >= 4 is 20.9 Å². The van der Waals surface area contributed by atoms with Gasteiger partial charge in [0.2, 0.25) is 0 Å². The maximum atomic E-state index is 12.2. The first-order valence-corrected chi connectivity index (χ1v) is 6.59. The maximum Gasteiger partial charge on any atom is 0.534 e. The summed E-state index contributed by atoms with van der Waals surface area (Å²) in [4.78, 5) is 0. The van der Waals surface area contributed by atoms with Crippen LogP contribution in [-0.4, -0.2) is 13.9 Å². The van der Waals surface area contributed by atoms with E-state index >= 15 is 0 Å². The number of nitrogens with zero attached hydrogens (tertiary/aromatic N) is 1. The molecule has 0 aliphatic carbocycles. The first-order chi connectivity index (χ1) is 9.24. The van der Waals surface area contributed by atoms with Crippen LogP contribution in [0.4, 0.5) is 13.2 Å². The van der Waals surface area contributed by atoms with Crippen LogP contribution >= 0.6 is 0 Å². The lowest BCUT2D eigenvalue weighted by atomic mass is 10.1. The largest absolute Gasteiger partial charge is 0.534 e. The Morgan fingerprint density at radius 3 is 2.45 bits per heavy atom. The third kappa shape index (κ3) is 2.53. The van der Waals surface area contributed by atoms with E-state index in [1.807, 2.05) is 6.07 Å². The highest BCUT2D eigenvalue weighted by Crippen LogP contribution is 2.29. The predicted octanol–water partition coefficient (Wildman–Crippen LogP) is 2.94. The van der Waals surface area contributed by atoms with Crippen molar-refractivity contribution in [1.29, 1.82) is 5.26 Å². The van der Waals surface area contributed by atoms with E-state index < -0.39 is 21.4 Å². The molecule has 0 amide bonds. The molecule has 2 rings (SSSR count). The molecular formula is C12H6F3NO3S. The number of hydrogen-bond donors (Lipinski definition) is 0. The van der Waals surface area contributed by atoms with Crippen molar-refractivity contribution in [3.05, 3.63) is 42.0 Å². The van der Waals surface area contributed by atoms with Crippen LogP contribution < -0.4 is 4.18 Å². The summed E-state index contributed by atoms with van der Waals surface area (Å²) < 4.78 is 62.5. The summed E-state index contributed by atoms with van der Waals surface area (Å²) in [5.41, 5.74) is -5.30. The van der Waals surface area contributed by atoms with Crippen LogP contribution in [0.2, 0.25) is 0 Å². The summed E-state index contributed by atoms with van der Waals surface area (Å²) in [6, 6.07) is 10.1. The predicted molar refractivity (Wildman–Crippen MR) is 64.3 cm³/mol. The summed E-state index contributed by atoms with van der Waals surface area (Å²) in [7, 11) is -5.72. The van der Waals surface area contributed by atoms with E-state index in [-0.39, 0.29) is 5.56 Å². The van der Waals surface area contributed by atoms with E-state index in [9.17, 15) is 21.6 Å². The number of alkyl halides is 3. The van der Waals surface area contributed by atoms with Crippen molar-refractivity contribution in [1.82, 2.24) is 0 Å². The van der Waals surface area contributed by atoms with Gasteiger partial charge in [-0.25, -0.2) is 0 Å². The molecule has 0 radical (unpaired) electrons. The second-order valence-corrected chi connectivity index (χ2v) is 5.32. The molecule has 0 heterocycles. The summed E-state index contributed by atoms with van der Waals surface area (Å²) in [6.45, 7) is 0. The summed E-state index contributed by atoms with van der Waals surface area (Å²) in [6.07, 6.45) is 0. The Hall–Kier alpha value is -2.27. The molecule has 0 saturated heterocycles. The molecule has 0 fully saturated rings. The Kier molecular flexibility index (Phi) is 3.31. The van der Waals surface area contributed by atoms with Crippen LogP contribution in [0.5, 0.6) is 5.75 Å². The molecule has 0 aliphatic heterocycles. The van der Waals surface area contributed by atoms with E-state index in [4.69, 9.17) is 5.26 Å². The zero-order chi connectivity index (χ0) is 15.0. The molecular weight excluding hydrogens is 295 g/mol. The number of fused-ring (bicyclic) bond motifs is 1. The molecule has 4 nitrogen and oxygen atoms in total. The van der Waals surface area contributed by atoms with Gasteiger partial charge in [0.1, 0.15) is 5.75 Å². The fourth-order valence-electron chi connectivity index (χ4n) is 1.58. The monoisotopic (exact) mass is 301 g/mol. The lowest BCUT2D eigenvalue weighted by Gasteiger charge is -2.10. The molecule has 8 heteroatoms. The van der Waals surface area contributed by atoms with Gasteiger partial charge in [0.05, 0.1) is 11.6 Å². The van der Waals surface area contributed by atoms with Crippen molar-refractivity contribution in [3.8, 4) is 11.8 Å². The highest BCUT2D eigenvalue weighted by atomic mass is 32.2. The van der Waals surface area contributed by atoms with Gasteiger partial charge in [-0.3, -0.25) is 0 Å². The molecule has 0 bridgehead atoms. The van der Waals surface area contributed by atoms with Gasteiger partial charge in [0.15, 0.2) is 0 Å². The fraction of sp³-hybridized carbons (Fsp3) is 0.0833. The Balaban J connectivity index is 2.51. The zero-order valence-corrected chi connectivity index (χ0v) is 10.5. The van der Waals surface area contributed by atoms with E-state index in [0.29, 0.717) is 10.8 Å². The van der Waals surface area contributed by atoms with Crippen molar-refractivity contribution < 1.29 is 25.8 Å². The van der Waals surface area contributed by atoms with E-state index in [0.717, 1.165) is 12.1 Å². The first kappa shape index (κ1) is 14.1. The molecule has 104 valence electrons. The summed E-state index contributed by atoms with van der Waals surface area (Å²) in [5.74, 6) is -0.502. The van der Waals surface area contributed by atoms with E-state index in [2.05, 4.69) is 4.18 Å².